The van der Waals surface area contributed by atoms with Gasteiger partial charge in [-0.2, -0.15) is 0 Å². The molecule has 0 spiro atoms. The second-order valence-corrected chi connectivity index (χ2v) is 7.41. The fraction of sp³-hybridized carbons (Fsp3) is 0.526. The van der Waals surface area contributed by atoms with Crippen LogP contribution in [0.3, 0.4) is 0 Å². The Bertz CT molecular complexity index is 707. The van der Waals surface area contributed by atoms with Crippen molar-refractivity contribution in [1.82, 2.24) is 10.2 Å². The highest BCUT2D eigenvalue weighted by atomic mass is 35.5. The lowest BCUT2D eigenvalue weighted by molar-refractivity contribution is -0.133. The number of aryl methyl sites for hydroxylation is 1. The molecule has 26 heavy (non-hydrogen) atoms. The van der Waals surface area contributed by atoms with Gasteiger partial charge in [0.15, 0.2) is 0 Å². The number of benzene rings is 1. The third-order valence-electron chi connectivity index (χ3n) is 4.65. The molecule has 142 valence electrons. The molecule has 4 amide bonds. The van der Waals surface area contributed by atoms with E-state index in [1.165, 1.54) is 0 Å². The van der Waals surface area contributed by atoms with Gasteiger partial charge < -0.3 is 10.6 Å². The molecule has 0 unspecified atom stereocenters. The summed E-state index contributed by atoms with van der Waals surface area (Å²) in [7, 11) is 0. The largest absolute Gasteiger partial charge is 0.325 e. The topological polar surface area (TPSA) is 78.5 Å². The Hall–Kier alpha value is -2.08. The van der Waals surface area contributed by atoms with Crippen LogP contribution in [0.25, 0.3) is 0 Å². The number of hydrogen-bond donors (Lipinski definition) is 2. The van der Waals surface area contributed by atoms with Crippen LogP contribution in [0.4, 0.5) is 10.5 Å². The van der Waals surface area contributed by atoms with Crippen LogP contribution in [0, 0.1) is 6.92 Å². The van der Waals surface area contributed by atoms with Crippen molar-refractivity contribution >= 4 is 35.1 Å². The second kappa shape index (κ2) is 8.54. The molecule has 0 aromatic heterocycles. The number of nitrogens with one attached hydrogen (secondary N) is 2. The number of halogens is 1. The molecule has 1 aromatic carbocycles. The van der Waals surface area contributed by atoms with Gasteiger partial charge in [0.1, 0.15) is 12.1 Å². The number of nitrogens with zero attached hydrogens (tertiary/aromatic N) is 1. The first kappa shape index (κ1) is 20.2. The summed E-state index contributed by atoms with van der Waals surface area (Å²) in [6.45, 7) is 5.36. The van der Waals surface area contributed by atoms with Crippen LogP contribution in [-0.4, -0.2) is 34.8 Å². The molecular weight excluding hydrogens is 354 g/mol. The lowest BCUT2D eigenvalue weighted by Crippen LogP contribution is -2.44. The minimum atomic E-state index is -0.933. The molecule has 2 N–H and O–H groups in total. The normalized spacial score (nSPS) is 19.6. The number of carbonyl (C=O) groups excluding carboxylic acids is 3. The SMILES string of the molecule is CCCCCC[C@]1(C)NC(=O)N(CC(=O)Nc2cc(Cl)ccc2C)C1=O. The Morgan fingerprint density at radius 3 is 2.69 bits per heavy atom. The third-order valence-corrected chi connectivity index (χ3v) is 4.89. The molecule has 1 aliphatic rings. The number of rotatable bonds is 8. The molecule has 1 heterocycles. The summed E-state index contributed by atoms with van der Waals surface area (Å²) >= 11 is 5.95. The smallest absolute Gasteiger partial charge is 0.324 e. The predicted octanol–water partition coefficient (Wildman–Crippen LogP) is 3.87. The van der Waals surface area contributed by atoms with Crippen LogP contribution in [0.5, 0.6) is 0 Å². The van der Waals surface area contributed by atoms with E-state index in [2.05, 4.69) is 17.6 Å². The van der Waals surface area contributed by atoms with Gasteiger partial charge in [-0.3, -0.25) is 14.5 Å². The summed E-state index contributed by atoms with van der Waals surface area (Å²) < 4.78 is 0. The summed E-state index contributed by atoms with van der Waals surface area (Å²) in [5, 5.41) is 5.94. The van der Waals surface area contributed by atoms with E-state index in [9.17, 15) is 14.4 Å². The zero-order valence-electron chi connectivity index (χ0n) is 15.5. The minimum absolute atomic E-state index is 0.318. The second-order valence-electron chi connectivity index (χ2n) is 6.97. The van der Waals surface area contributed by atoms with Gasteiger partial charge in [0.25, 0.3) is 5.91 Å². The van der Waals surface area contributed by atoms with Crippen molar-refractivity contribution in [2.45, 2.75) is 58.4 Å². The van der Waals surface area contributed by atoms with Gasteiger partial charge in [0.05, 0.1) is 0 Å². The molecule has 0 bridgehead atoms. The number of carbonyl (C=O) groups is 3. The summed E-state index contributed by atoms with van der Waals surface area (Å²) in [4.78, 5) is 38.1. The quantitative estimate of drug-likeness (QED) is 0.531. The number of amides is 4. The van der Waals surface area contributed by atoms with E-state index in [0.717, 1.165) is 36.1 Å². The van der Waals surface area contributed by atoms with Gasteiger partial charge in [-0.15, -0.1) is 0 Å². The standard InChI is InChI=1S/C19H26ClN3O3/c1-4-5-6-7-10-19(3)17(25)23(18(26)22-19)12-16(24)21-15-11-14(20)9-8-13(15)2/h8-9,11H,4-7,10,12H2,1-3H3,(H,21,24)(H,22,26)/t19-/m0/s1. The first-order valence-corrected chi connectivity index (χ1v) is 9.35. The van der Waals surface area contributed by atoms with Crippen molar-refractivity contribution in [2.24, 2.45) is 0 Å². The first-order chi connectivity index (χ1) is 12.3. The highest BCUT2D eigenvalue weighted by molar-refractivity contribution is 6.31. The Morgan fingerprint density at radius 2 is 2.00 bits per heavy atom. The highest BCUT2D eigenvalue weighted by Crippen LogP contribution is 2.24. The van der Waals surface area contributed by atoms with Crippen LogP contribution in [-0.2, 0) is 9.59 Å². The van der Waals surface area contributed by atoms with Crippen molar-refractivity contribution in [1.29, 1.82) is 0 Å². The Kier molecular flexibility index (Phi) is 6.64. The number of imide groups is 1. The number of hydrogen-bond acceptors (Lipinski definition) is 3. The van der Waals surface area contributed by atoms with Gasteiger partial charge in [0, 0.05) is 10.7 Å². The number of urea groups is 1. The van der Waals surface area contributed by atoms with E-state index >= 15 is 0 Å². The molecular formula is C19H26ClN3O3. The van der Waals surface area contributed by atoms with Crippen molar-refractivity contribution in [3.63, 3.8) is 0 Å². The monoisotopic (exact) mass is 379 g/mol. The molecule has 0 saturated carbocycles. The van der Waals surface area contributed by atoms with E-state index < -0.39 is 17.5 Å². The van der Waals surface area contributed by atoms with Crippen molar-refractivity contribution in [3.05, 3.63) is 28.8 Å². The Labute approximate surface area is 159 Å². The van der Waals surface area contributed by atoms with Gasteiger partial charge in [-0.25, -0.2) is 4.79 Å². The molecule has 1 fully saturated rings. The lowest BCUT2D eigenvalue weighted by atomic mass is 9.94. The molecule has 1 atom stereocenters. The summed E-state index contributed by atoms with van der Waals surface area (Å²) in [6.07, 6.45) is 4.65. The predicted molar refractivity (Wildman–Crippen MR) is 102 cm³/mol. The molecule has 1 saturated heterocycles. The minimum Gasteiger partial charge on any atom is -0.324 e. The first-order valence-electron chi connectivity index (χ1n) is 8.97. The zero-order valence-corrected chi connectivity index (χ0v) is 16.3. The average Bonchev–Trinajstić information content (AvgIpc) is 2.79. The fourth-order valence-corrected chi connectivity index (χ4v) is 3.20. The Balaban J connectivity index is 1.98. The van der Waals surface area contributed by atoms with Crippen LogP contribution in [0.15, 0.2) is 18.2 Å². The summed E-state index contributed by atoms with van der Waals surface area (Å²) in [6, 6.07) is 4.64. The summed E-state index contributed by atoms with van der Waals surface area (Å²) in [5.41, 5.74) is 0.481. The molecule has 0 aliphatic carbocycles. The van der Waals surface area contributed by atoms with E-state index in [1.54, 1.807) is 25.1 Å². The Morgan fingerprint density at radius 1 is 1.27 bits per heavy atom. The number of unbranched alkanes of at least 4 members (excludes halogenated alkanes) is 3. The maximum Gasteiger partial charge on any atom is 0.325 e. The van der Waals surface area contributed by atoms with Crippen LogP contribution >= 0.6 is 11.6 Å². The lowest BCUT2D eigenvalue weighted by Gasteiger charge is -2.21. The van der Waals surface area contributed by atoms with E-state index in [-0.39, 0.29) is 12.5 Å². The maximum absolute atomic E-state index is 12.7. The molecule has 1 aromatic rings. The van der Waals surface area contributed by atoms with Crippen LogP contribution < -0.4 is 10.6 Å². The molecule has 1 aliphatic heterocycles. The van der Waals surface area contributed by atoms with Crippen molar-refractivity contribution in [3.8, 4) is 0 Å². The van der Waals surface area contributed by atoms with Crippen molar-refractivity contribution in [2.75, 3.05) is 11.9 Å². The molecule has 7 heteroatoms. The van der Waals surface area contributed by atoms with E-state index in [4.69, 9.17) is 11.6 Å². The van der Waals surface area contributed by atoms with E-state index in [1.807, 2.05) is 6.92 Å². The van der Waals surface area contributed by atoms with Gasteiger partial charge in [-0.05, 0) is 38.0 Å². The fourth-order valence-electron chi connectivity index (χ4n) is 3.03. The summed E-state index contributed by atoms with van der Waals surface area (Å²) in [5.74, 6) is -0.786. The molecule has 6 nitrogen and oxygen atoms in total. The average molecular weight is 380 g/mol. The third kappa shape index (κ3) is 4.75. The van der Waals surface area contributed by atoms with E-state index in [0.29, 0.717) is 17.1 Å². The highest BCUT2D eigenvalue weighted by Gasteiger charge is 2.47. The van der Waals surface area contributed by atoms with Crippen LogP contribution in [0.2, 0.25) is 5.02 Å². The maximum atomic E-state index is 12.7. The van der Waals surface area contributed by atoms with Crippen LogP contribution in [0.1, 0.15) is 51.5 Å². The molecule has 0 radical (unpaired) electrons. The molecule has 2 rings (SSSR count). The van der Waals surface area contributed by atoms with Gasteiger partial charge in [-0.1, -0.05) is 50.3 Å². The number of anilines is 1. The van der Waals surface area contributed by atoms with Gasteiger partial charge in [0.2, 0.25) is 5.91 Å². The zero-order chi connectivity index (χ0) is 19.3. The van der Waals surface area contributed by atoms with Crippen molar-refractivity contribution < 1.29 is 14.4 Å². The van der Waals surface area contributed by atoms with Gasteiger partial charge >= 0.3 is 6.03 Å².